The molecule has 1 saturated heterocycles. The second-order valence-electron chi connectivity index (χ2n) is 9.33. The van der Waals surface area contributed by atoms with Crippen LogP contribution in [0.15, 0.2) is 18.2 Å². The molecule has 1 aliphatic heterocycles. The Labute approximate surface area is 183 Å². The molecule has 8 heteroatoms. The lowest BCUT2D eigenvalue weighted by Gasteiger charge is -2.34. The van der Waals surface area contributed by atoms with Crippen molar-refractivity contribution in [3.63, 3.8) is 0 Å². The van der Waals surface area contributed by atoms with Crippen molar-refractivity contribution in [2.75, 3.05) is 18.0 Å². The molecule has 2 unspecified atom stereocenters. The molecule has 31 heavy (non-hydrogen) atoms. The number of nitro benzene ring substituents is 1. The van der Waals surface area contributed by atoms with Gasteiger partial charge in [-0.15, -0.1) is 0 Å². The second-order valence-corrected chi connectivity index (χ2v) is 9.33. The standard InChI is InChI=1S/C23H34N4O4/c1-15(2)24-22(28)17-5-4-6-18(13-17)25-23(29)20-14-19(27(30)31)7-8-21(20)26-11-9-16(3)10-12-26/h7-8,14-18H,4-6,9-13H2,1-3H3,(H,24,28)(H,25,29). The predicted molar refractivity (Wildman–Crippen MR) is 120 cm³/mol. The van der Waals surface area contributed by atoms with Crippen molar-refractivity contribution in [2.45, 2.75) is 71.4 Å². The summed E-state index contributed by atoms with van der Waals surface area (Å²) >= 11 is 0. The van der Waals surface area contributed by atoms with Crippen LogP contribution >= 0.6 is 0 Å². The van der Waals surface area contributed by atoms with Crippen LogP contribution in [0, 0.1) is 22.0 Å². The number of nitrogens with zero attached hydrogens (tertiary/aromatic N) is 2. The number of non-ortho nitro benzene ring substituents is 1. The zero-order valence-corrected chi connectivity index (χ0v) is 18.7. The summed E-state index contributed by atoms with van der Waals surface area (Å²) in [6.07, 6.45) is 5.16. The average molecular weight is 431 g/mol. The van der Waals surface area contributed by atoms with Gasteiger partial charge in [-0.3, -0.25) is 19.7 Å². The molecule has 0 radical (unpaired) electrons. The quantitative estimate of drug-likeness (QED) is 0.530. The van der Waals surface area contributed by atoms with Crippen LogP contribution in [0.5, 0.6) is 0 Å². The average Bonchev–Trinajstić information content (AvgIpc) is 2.73. The molecule has 1 saturated carbocycles. The van der Waals surface area contributed by atoms with Gasteiger partial charge in [0.15, 0.2) is 0 Å². The van der Waals surface area contributed by atoms with Gasteiger partial charge in [-0.05, 0) is 57.9 Å². The lowest BCUT2D eigenvalue weighted by Crippen LogP contribution is -2.44. The number of anilines is 1. The molecule has 8 nitrogen and oxygen atoms in total. The predicted octanol–water partition coefficient (Wildman–Crippen LogP) is 3.64. The summed E-state index contributed by atoms with van der Waals surface area (Å²) in [7, 11) is 0. The first kappa shape index (κ1) is 23.0. The van der Waals surface area contributed by atoms with E-state index in [1.54, 1.807) is 6.07 Å². The molecule has 0 aromatic heterocycles. The van der Waals surface area contributed by atoms with E-state index in [4.69, 9.17) is 0 Å². The van der Waals surface area contributed by atoms with Crippen molar-refractivity contribution in [1.29, 1.82) is 0 Å². The number of piperidine rings is 1. The van der Waals surface area contributed by atoms with Gasteiger partial charge in [0.25, 0.3) is 11.6 Å². The van der Waals surface area contributed by atoms with Gasteiger partial charge in [0, 0.05) is 43.2 Å². The van der Waals surface area contributed by atoms with Crippen LogP contribution in [0.1, 0.15) is 69.7 Å². The van der Waals surface area contributed by atoms with Crippen LogP contribution < -0.4 is 15.5 Å². The molecule has 170 valence electrons. The molecule has 2 aliphatic rings. The summed E-state index contributed by atoms with van der Waals surface area (Å²) in [5, 5.41) is 17.3. The van der Waals surface area contributed by atoms with E-state index in [0.29, 0.717) is 17.9 Å². The molecule has 1 aromatic rings. The van der Waals surface area contributed by atoms with E-state index >= 15 is 0 Å². The van der Waals surface area contributed by atoms with E-state index in [-0.39, 0.29) is 35.5 Å². The first-order valence-corrected chi connectivity index (χ1v) is 11.4. The Hall–Kier alpha value is -2.64. The minimum absolute atomic E-state index is 0.0347. The van der Waals surface area contributed by atoms with Gasteiger partial charge >= 0.3 is 0 Å². The topological polar surface area (TPSA) is 105 Å². The number of rotatable bonds is 6. The Morgan fingerprint density at radius 1 is 1.16 bits per heavy atom. The molecule has 0 bridgehead atoms. The number of carbonyl (C=O) groups excluding carboxylic acids is 2. The van der Waals surface area contributed by atoms with Gasteiger partial charge in [-0.25, -0.2) is 0 Å². The molecular weight excluding hydrogens is 396 g/mol. The van der Waals surface area contributed by atoms with Gasteiger partial charge in [-0.2, -0.15) is 0 Å². The van der Waals surface area contributed by atoms with Crippen LogP contribution in [-0.4, -0.2) is 41.9 Å². The minimum atomic E-state index is -0.467. The summed E-state index contributed by atoms with van der Waals surface area (Å²) in [5.41, 5.74) is 1.01. The van der Waals surface area contributed by atoms with Crippen molar-refractivity contribution in [3.8, 4) is 0 Å². The summed E-state index contributed by atoms with van der Waals surface area (Å²) in [5.74, 6) is 0.261. The number of nitrogens with one attached hydrogen (secondary N) is 2. The Bertz CT molecular complexity index is 818. The van der Waals surface area contributed by atoms with Gasteiger partial charge in [0.2, 0.25) is 5.91 Å². The first-order valence-electron chi connectivity index (χ1n) is 11.4. The number of amides is 2. The van der Waals surface area contributed by atoms with Gasteiger partial charge in [-0.1, -0.05) is 13.3 Å². The van der Waals surface area contributed by atoms with Crippen LogP contribution in [0.3, 0.4) is 0 Å². The fourth-order valence-corrected chi connectivity index (χ4v) is 4.57. The molecule has 1 aromatic carbocycles. The van der Waals surface area contributed by atoms with E-state index in [2.05, 4.69) is 22.5 Å². The number of nitro groups is 1. The zero-order valence-electron chi connectivity index (χ0n) is 18.7. The Balaban J connectivity index is 1.75. The highest BCUT2D eigenvalue weighted by Gasteiger charge is 2.30. The monoisotopic (exact) mass is 430 g/mol. The normalized spacial score (nSPS) is 22.3. The second kappa shape index (κ2) is 10.1. The molecule has 2 atom stereocenters. The van der Waals surface area contributed by atoms with E-state index in [0.717, 1.165) is 50.9 Å². The molecule has 2 N–H and O–H groups in total. The molecule has 1 aliphatic carbocycles. The number of carbonyl (C=O) groups is 2. The van der Waals surface area contributed by atoms with Crippen molar-refractivity contribution in [2.24, 2.45) is 11.8 Å². The molecule has 0 spiro atoms. The fourth-order valence-electron chi connectivity index (χ4n) is 4.57. The minimum Gasteiger partial charge on any atom is -0.371 e. The van der Waals surface area contributed by atoms with Gasteiger partial charge in [0.1, 0.15) is 0 Å². The van der Waals surface area contributed by atoms with E-state index < -0.39 is 4.92 Å². The van der Waals surface area contributed by atoms with Crippen molar-refractivity contribution >= 4 is 23.2 Å². The maximum Gasteiger partial charge on any atom is 0.270 e. The fraction of sp³-hybridized carbons (Fsp3) is 0.652. The highest BCUT2D eigenvalue weighted by atomic mass is 16.6. The Kier molecular flexibility index (Phi) is 7.51. The van der Waals surface area contributed by atoms with Crippen LogP contribution in [0.25, 0.3) is 0 Å². The lowest BCUT2D eigenvalue weighted by atomic mass is 9.85. The molecule has 1 heterocycles. The zero-order chi connectivity index (χ0) is 22.5. The summed E-state index contributed by atoms with van der Waals surface area (Å²) < 4.78 is 0. The highest BCUT2D eigenvalue weighted by molar-refractivity contribution is 6.00. The van der Waals surface area contributed by atoms with Crippen LogP contribution in [-0.2, 0) is 4.79 Å². The SMILES string of the molecule is CC1CCN(c2ccc([N+](=O)[O-])cc2C(=O)NC2CCCC(C(=O)NC(C)C)C2)CC1. The Morgan fingerprint density at radius 2 is 1.87 bits per heavy atom. The van der Waals surface area contributed by atoms with E-state index in [1.165, 1.54) is 12.1 Å². The van der Waals surface area contributed by atoms with Crippen molar-refractivity contribution in [1.82, 2.24) is 10.6 Å². The third-order valence-corrected chi connectivity index (χ3v) is 6.37. The smallest absolute Gasteiger partial charge is 0.270 e. The highest BCUT2D eigenvalue weighted by Crippen LogP contribution is 2.30. The number of hydrogen-bond acceptors (Lipinski definition) is 5. The van der Waals surface area contributed by atoms with Gasteiger partial charge < -0.3 is 15.5 Å². The molecular formula is C23H34N4O4. The largest absolute Gasteiger partial charge is 0.371 e. The van der Waals surface area contributed by atoms with Gasteiger partial charge in [0.05, 0.1) is 16.2 Å². The Morgan fingerprint density at radius 3 is 2.52 bits per heavy atom. The summed E-state index contributed by atoms with van der Waals surface area (Å²) in [6, 6.07) is 4.52. The van der Waals surface area contributed by atoms with Crippen molar-refractivity contribution in [3.05, 3.63) is 33.9 Å². The first-order chi connectivity index (χ1) is 14.7. The molecule has 2 amide bonds. The van der Waals surface area contributed by atoms with Crippen LogP contribution in [0.2, 0.25) is 0 Å². The number of benzene rings is 1. The maximum atomic E-state index is 13.2. The third-order valence-electron chi connectivity index (χ3n) is 6.37. The lowest BCUT2D eigenvalue weighted by molar-refractivity contribution is -0.384. The number of hydrogen-bond donors (Lipinski definition) is 2. The van der Waals surface area contributed by atoms with Crippen molar-refractivity contribution < 1.29 is 14.5 Å². The van der Waals surface area contributed by atoms with Crippen LogP contribution in [0.4, 0.5) is 11.4 Å². The van der Waals surface area contributed by atoms with E-state index in [9.17, 15) is 19.7 Å². The summed E-state index contributed by atoms with van der Waals surface area (Å²) in [4.78, 5) is 38.6. The molecule has 3 rings (SSSR count). The van der Waals surface area contributed by atoms with E-state index in [1.807, 2.05) is 13.8 Å². The summed E-state index contributed by atoms with van der Waals surface area (Å²) in [6.45, 7) is 7.76. The molecule has 2 fully saturated rings. The maximum absolute atomic E-state index is 13.2. The third kappa shape index (κ3) is 5.95.